The number of likely N-dealkylation sites (N-methyl/N-ethyl adjacent to an activating group) is 2. The van der Waals surface area contributed by atoms with E-state index in [0.717, 1.165) is 79.9 Å². The Morgan fingerprint density at radius 3 is 1.61 bits per heavy atom. The van der Waals surface area contributed by atoms with Gasteiger partial charge in [0.25, 0.3) is 0 Å². The van der Waals surface area contributed by atoms with E-state index in [9.17, 15) is 18.8 Å². The van der Waals surface area contributed by atoms with Crippen LogP contribution >= 0.6 is 0 Å². The first-order valence-electron chi connectivity index (χ1n) is 18.6. The second kappa shape index (κ2) is 26.8. The number of benzene rings is 3. The molecule has 0 spiro atoms. The van der Waals surface area contributed by atoms with Gasteiger partial charge < -0.3 is 25.3 Å². The van der Waals surface area contributed by atoms with E-state index in [-0.39, 0.29) is 5.56 Å². The normalized spacial score (nSPS) is 15.3. The van der Waals surface area contributed by atoms with Gasteiger partial charge in [-0.3, -0.25) is 14.4 Å². The molecule has 0 aliphatic carbocycles. The summed E-state index contributed by atoms with van der Waals surface area (Å²) >= 11 is 0. The van der Waals surface area contributed by atoms with Crippen LogP contribution in [0.4, 0.5) is 15.8 Å². The minimum atomic E-state index is -0.465. The van der Waals surface area contributed by atoms with E-state index in [0.29, 0.717) is 6.29 Å². The minimum absolute atomic E-state index is 0.109. The number of carbonyl (C=O) groups excluding carboxylic acids is 3. The van der Waals surface area contributed by atoms with Crippen molar-refractivity contribution >= 4 is 30.2 Å². The van der Waals surface area contributed by atoms with Crippen LogP contribution in [0, 0.1) is 12.7 Å². The van der Waals surface area contributed by atoms with Crippen LogP contribution in [0.3, 0.4) is 0 Å². The number of aryl methyl sites for hydroxylation is 1. The molecule has 0 atom stereocenters. The number of hydrogen-bond acceptors (Lipinski definition) is 8. The number of aldehydes is 3. The lowest BCUT2D eigenvalue weighted by atomic mass is 10.0. The molecule has 9 heteroatoms. The van der Waals surface area contributed by atoms with Gasteiger partial charge in [0, 0.05) is 61.8 Å². The molecule has 0 saturated carbocycles. The summed E-state index contributed by atoms with van der Waals surface area (Å²) in [5.74, 6) is -0.465. The van der Waals surface area contributed by atoms with Crippen LogP contribution in [0.15, 0.2) is 66.7 Å². The summed E-state index contributed by atoms with van der Waals surface area (Å²) < 4.78 is 12.4. The van der Waals surface area contributed by atoms with E-state index >= 15 is 0 Å². The van der Waals surface area contributed by atoms with E-state index in [1.54, 1.807) is 12.1 Å². The molecule has 3 saturated heterocycles. The van der Waals surface area contributed by atoms with Crippen molar-refractivity contribution in [1.29, 1.82) is 0 Å². The summed E-state index contributed by atoms with van der Waals surface area (Å²) in [5.41, 5.74) is 5.08. The number of halogens is 1. The highest BCUT2D eigenvalue weighted by Gasteiger charge is 2.15. The predicted molar refractivity (Wildman–Crippen MR) is 212 cm³/mol. The Kier molecular flexibility index (Phi) is 22.7. The highest BCUT2D eigenvalue weighted by molar-refractivity contribution is 5.87. The second-order valence-corrected chi connectivity index (χ2v) is 13.3. The Bertz CT molecular complexity index is 1370. The SMILES string of the molecule is C1CCNCC1.CNCCN(C)C.Cc1cccc(N2CCCCC2)c1C=O.O=Cc1ccccc1F.O=Cc1ccccc1N1CCCCC1. The number of nitrogens with zero attached hydrogens (tertiary/aromatic N) is 3. The molecule has 2 N–H and O–H groups in total. The monoisotopic (exact) mass is 703 g/mol. The standard InChI is InChI=1S/C13H17NO.C12H15NO.C7H5FO.C5H14N2.C5H11N/c1-11-6-5-7-13(12(11)10-15)14-8-3-2-4-9-14;14-10-11-6-2-3-7-12(11)13-8-4-1-5-9-13;8-7-4-2-1-3-6(7)5-9;1-6-4-5-7(2)3;1-2-4-6-5-3-1/h5-7,10H,2-4,8-9H2,1H3;2-3,6-7,10H,1,4-5,8-9H2;1-5H;6H,4-5H2,1-3H3;6H,1-5H2. The maximum atomic E-state index is 12.4. The number of hydrogen-bond donors (Lipinski definition) is 2. The lowest BCUT2D eigenvalue weighted by molar-refractivity contribution is 0.111. The number of piperidine rings is 3. The molecule has 3 aliphatic heterocycles. The summed E-state index contributed by atoms with van der Waals surface area (Å²) in [6.45, 7) is 11.0. The quantitative estimate of drug-likeness (QED) is 0.234. The first-order valence-corrected chi connectivity index (χ1v) is 18.6. The zero-order valence-corrected chi connectivity index (χ0v) is 31.5. The van der Waals surface area contributed by atoms with Crippen LogP contribution < -0.4 is 20.4 Å². The Morgan fingerprint density at radius 2 is 1.18 bits per heavy atom. The van der Waals surface area contributed by atoms with Gasteiger partial charge >= 0.3 is 0 Å². The van der Waals surface area contributed by atoms with E-state index in [1.807, 2.05) is 50.4 Å². The summed E-state index contributed by atoms with van der Waals surface area (Å²) in [7, 11) is 6.10. The van der Waals surface area contributed by atoms with Crippen molar-refractivity contribution in [1.82, 2.24) is 15.5 Å². The molecule has 3 fully saturated rings. The smallest absolute Gasteiger partial charge is 0.152 e. The van der Waals surface area contributed by atoms with Crippen molar-refractivity contribution in [2.75, 3.05) is 83.3 Å². The molecule has 3 aromatic rings. The van der Waals surface area contributed by atoms with Crippen LogP contribution in [-0.2, 0) is 0 Å². The minimum Gasteiger partial charge on any atom is -0.371 e. The van der Waals surface area contributed by atoms with Crippen LogP contribution in [0.25, 0.3) is 0 Å². The third kappa shape index (κ3) is 17.2. The van der Waals surface area contributed by atoms with Crippen LogP contribution in [0.2, 0.25) is 0 Å². The number of nitrogens with one attached hydrogen (secondary N) is 2. The van der Waals surface area contributed by atoms with Crippen LogP contribution in [0.1, 0.15) is 94.4 Å². The lowest BCUT2D eigenvalue weighted by Crippen LogP contribution is -2.30. The lowest BCUT2D eigenvalue weighted by Gasteiger charge is -2.30. The zero-order chi connectivity index (χ0) is 37.1. The number of para-hydroxylation sites is 1. The average molecular weight is 704 g/mol. The summed E-state index contributed by atoms with van der Waals surface area (Å²) in [5, 5.41) is 6.34. The Hall–Kier alpha value is -3.92. The van der Waals surface area contributed by atoms with Gasteiger partial charge in [-0.1, -0.05) is 42.8 Å². The molecule has 0 unspecified atom stereocenters. The predicted octanol–water partition coefficient (Wildman–Crippen LogP) is 7.45. The van der Waals surface area contributed by atoms with Gasteiger partial charge in [0.2, 0.25) is 0 Å². The van der Waals surface area contributed by atoms with Gasteiger partial charge in [-0.05, 0) is 128 Å². The molecule has 3 heterocycles. The summed E-state index contributed by atoms with van der Waals surface area (Å²) in [6.07, 6.45) is 14.3. The van der Waals surface area contributed by atoms with Gasteiger partial charge in [0.15, 0.2) is 18.9 Å². The van der Waals surface area contributed by atoms with Crippen LogP contribution in [-0.4, -0.2) is 97.3 Å². The fourth-order valence-electron chi connectivity index (χ4n) is 5.95. The van der Waals surface area contributed by atoms with E-state index in [4.69, 9.17) is 0 Å². The van der Waals surface area contributed by atoms with Crippen molar-refractivity contribution in [3.63, 3.8) is 0 Å². The molecule has 0 bridgehead atoms. The van der Waals surface area contributed by atoms with Crippen molar-refractivity contribution in [3.8, 4) is 0 Å². The van der Waals surface area contributed by atoms with Gasteiger partial charge in [0.05, 0.1) is 5.56 Å². The third-order valence-electron chi connectivity index (χ3n) is 8.92. The molecule has 0 amide bonds. The van der Waals surface area contributed by atoms with Crippen molar-refractivity contribution in [2.24, 2.45) is 0 Å². The van der Waals surface area contributed by atoms with Crippen molar-refractivity contribution in [2.45, 2.75) is 64.7 Å². The molecule has 3 aromatic carbocycles. The first kappa shape index (κ1) is 43.2. The molecular weight excluding hydrogens is 641 g/mol. The van der Waals surface area contributed by atoms with Crippen molar-refractivity contribution in [3.05, 3.63) is 94.8 Å². The number of rotatable bonds is 8. The van der Waals surface area contributed by atoms with Gasteiger partial charge in [-0.2, -0.15) is 0 Å². The molecule has 0 radical (unpaired) electrons. The number of carbonyl (C=O) groups is 3. The molecule has 6 rings (SSSR count). The highest BCUT2D eigenvalue weighted by Crippen LogP contribution is 2.25. The molecule has 8 nitrogen and oxygen atoms in total. The Morgan fingerprint density at radius 1 is 0.667 bits per heavy atom. The van der Waals surface area contributed by atoms with Crippen LogP contribution in [0.5, 0.6) is 0 Å². The van der Waals surface area contributed by atoms with Gasteiger partial charge in [-0.25, -0.2) is 4.39 Å². The fourth-order valence-corrected chi connectivity index (χ4v) is 5.95. The maximum Gasteiger partial charge on any atom is 0.152 e. The van der Waals surface area contributed by atoms with Gasteiger partial charge in [-0.15, -0.1) is 0 Å². The molecule has 3 aliphatic rings. The zero-order valence-electron chi connectivity index (χ0n) is 31.5. The van der Waals surface area contributed by atoms with E-state index in [1.165, 1.54) is 83.0 Å². The first-order chi connectivity index (χ1) is 24.9. The molecular formula is C42H62FN5O3. The second-order valence-electron chi connectivity index (χ2n) is 13.3. The van der Waals surface area contributed by atoms with Crippen molar-refractivity contribution < 1.29 is 18.8 Å². The molecule has 280 valence electrons. The molecule has 51 heavy (non-hydrogen) atoms. The average Bonchev–Trinajstić information content (AvgIpc) is 3.19. The fraction of sp³-hybridized carbons (Fsp3) is 0.500. The third-order valence-corrected chi connectivity index (χ3v) is 8.92. The summed E-state index contributed by atoms with van der Waals surface area (Å²) in [4.78, 5) is 38.7. The Labute approximate surface area is 306 Å². The van der Waals surface area contributed by atoms with E-state index < -0.39 is 5.82 Å². The largest absolute Gasteiger partial charge is 0.371 e. The molecule has 0 aromatic heterocycles. The highest BCUT2D eigenvalue weighted by atomic mass is 19.1. The maximum absolute atomic E-state index is 12.4. The van der Waals surface area contributed by atoms with Gasteiger partial charge in [0.1, 0.15) is 5.82 Å². The van der Waals surface area contributed by atoms with E-state index in [2.05, 4.69) is 45.5 Å². The topological polar surface area (TPSA) is 85.0 Å². The number of anilines is 2. The Balaban J connectivity index is 0.000000231. The summed E-state index contributed by atoms with van der Waals surface area (Å²) in [6, 6.07) is 19.8.